The number of nitrogens with two attached hydrogens (primary N) is 1. The smallest absolute Gasteiger partial charge is 0.249 e. The zero-order valence-electron chi connectivity index (χ0n) is 11.2. The van der Waals surface area contributed by atoms with E-state index in [1.165, 1.54) is 0 Å². The minimum atomic E-state index is -0.364. The van der Waals surface area contributed by atoms with Gasteiger partial charge in [0, 0.05) is 24.3 Å². The van der Waals surface area contributed by atoms with E-state index in [1.807, 2.05) is 22.2 Å². The number of imidazole rings is 1. The molecule has 1 fully saturated rings. The summed E-state index contributed by atoms with van der Waals surface area (Å²) in [5.74, 6) is -0.0766. The Balaban J connectivity index is 0.00000110. The van der Waals surface area contributed by atoms with E-state index in [2.05, 4.69) is 10.3 Å². The second kappa shape index (κ2) is 7.95. The largest absolute Gasteiger partial charge is 0.364 e. The number of rotatable bonds is 4. The second-order valence-corrected chi connectivity index (χ2v) is 5.48. The number of nitrogens with one attached hydrogen (secondary N) is 1. The first-order valence-electron chi connectivity index (χ1n) is 6.30. The predicted octanol–water partition coefficient (Wildman–Crippen LogP) is 1.36. The maximum atomic E-state index is 11.9. The molecule has 1 saturated heterocycles. The Hall–Kier alpha value is -0.860. The highest BCUT2D eigenvalue weighted by Gasteiger charge is 2.29. The van der Waals surface area contributed by atoms with Crippen molar-refractivity contribution in [3.8, 4) is 0 Å². The molecular weight excluding hydrogens is 335 g/mol. The summed E-state index contributed by atoms with van der Waals surface area (Å²) < 4.78 is 7.49. The number of nitrogens with zero attached hydrogens (tertiary/aromatic N) is 2. The Kier molecular flexibility index (Phi) is 6.89. The lowest BCUT2D eigenvalue weighted by atomic mass is 10.2. The molecule has 3 N–H and O–H groups in total. The number of amides is 1. The number of fused-ring (bicyclic) bond motifs is 1. The third-order valence-electron chi connectivity index (χ3n) is 3.25. The molecule has 0 spiro atoms. The molecule has 1 aliphatic rings. The van der Waals surface area contributed by atoms with Crippen molar-refractivity contribution in [1.82, 2.24) is 14.7 Å². The fraction of sp³-hybridized carbons (Fsp3) is 0.500. The molecule has 9 heteroatoms. The van der Waals surface area contributed by atoms with Gasteiger partial charge in [0.1, 0.15) is 6.10 Å². The molecular formula is C12H18Cl2N4O2S. The summed E-state index contributed by atoms with van der Waals surface area (Å²) in [6.07, 6.45) is 5.13. The fourth-order valence-corrected chi connectivity index (χ4v) is 2.94. The van der Waals surface area contributed by atoms with E-state index in [1.54, 1.807) is 11.3 Å². The van der Waals surface area contributed by atoms with Crippen LogP contribution in [0.4, 0.5) is 0 Å². The molecule has 118 valence electrons. The van der Waals surface area contributed by atoms with E-state index in [9.17, 15) is 4.79 Å². The van der Waals surface area contributed by atoms with Crippen molar-refractivity contribution < 1.29 is 9.53 Å². The highest BCUT2D eigenvalue weighted by Crippen LogP contribution is 2.19. The van der Waals surface area contributed by atoms with Crippen LogP contribution in [0.15, 0.2) is 17.8 Å². The molecule has 21 heavy (non-hydrogen) atoms. The third-order valence-corrected chi connectivity index (χ3v) is 4.02. The average Bonchev–Trinajstić information content (AvgIpc) is 3.10. The Morgan fingerprint density at radius 3 is 3.00 bits per heavy atom. The monoisotopic (exact) mass is 352 g/mol. The van der Waals surface area contributed by atoms with E-state index in [4.69, 9.17) is 10.5 Å². The number of hydrogen-bond acceptors (Lipinski definition) is 5. The molecule has 6 nitrogen and oxygen atoms in total. The second-order valence-electron chi connectivity index (χ2n) is 4.60. The van der Waals surface area contributed by atoms with Crippen molar-refractivity contribution in [1.29, 1.82) is 0 Å². The minimum absolute atomic E-state index is 0. The molecule has 2 aromatic heterocycles. The first-order chi connectivity index (χ1) is 9.26. The van der Waals surface area contributed by atoms with E-state index >= 15 is 0 Å². The van der Waals surface area contributed by atoms with Crippen LogP contribution < -0.4 is 11.1 Å². The first-order valence-corrected chi connectivity index (χ1v) is 7.18. The fourth-order valence-electron chi connectivity index (χ4n) is 2.22. The lowest BCUT2D eigenvalue weighted by Gasteiger charge is -2.11. The molecule has 0 unspecified atom stereocenters. The maximum Gasteiger partial charge on any atom is 0.249 e. The van der Waals surface area contributed by atoms with Gasteiger partial charge < -0.3 is 15.8 Å². The summed E-state index contributed by atoms with van der Waals surface area (Å²) in [4.78, 5) is 17.3. The van der Waals surface area contributed by atoms with E-state index in [0.29, 0.717) is 13.1 Å². The van der Waals surface area contributed by atoms with Gasteiger partial charge in [-0.05, 0) is 12.8 Å². The van der Waals surface area contributed by atoms with Gasteiger partial charge in [-0.2, -0.15) is 0 Å². The molecule has 0 aliphatic carbocycles. The topological polar surface area (TPSA) is 81.7 Å². The van der Waals surface area contributed by atoms with Crippen LogP contribution in [0.1, 0.15) is 18.5 Å². The number of ether oxygens (including phenoxy) is 1. The Morgan fingerprint density at radius 2 is 2.33 bits per heavy atom. The van der Waals surface area contributed by atoms with E-state index < -0.39 is 0 Å². The summed E-state index contributed by atoms with van der Waals surface area (Å²) >= 11 is 1.57. The quantitative estimate of drug-likeness (QED) is 0.870. The summed E-state index contributed by atoms with van der Waals surface area (Å²) in [5, 5.41) is 4.84. The average molecular weight is 353 g/mol. The normalized spacial score (nSPS) is 20.8. The Morgan fingerprint density at radius 1 is 1.52 bits per heavy atom. The minimum Gasteiger partial charge on any atom is -0.364 e. The van der Waals surface area contributed by atoms with Gasteiger partial charge in [0.15, 0.2) is 4.96 Å². The van der Waals surface area contributed by atoms with Gasteiger partial charge in [0.25, 0.3) is 0 Å². The van der Waals surface area contributed by atoms with Crippen molar-refractivity contribution >= 4 is 47.0 Å². The van der Waals surface area contributed by atoms with Crippen LogP contribution in [0.2, 0.25) is 0 Å². The number of carbonyl (C=O) groups is 1. The summed E-state index contributed by atoms with van der Waals surface area (Å²) in [7, 11) is 0. The van der Waals surface area contributed by atoms with Gasteiger partial charge in [-0.15, -0.1) is 36.2 Å². The van der Waals surface area contributed by atoms with Gasteiger partial charge in [-0.3, -0.25) is 9.20 Å². The number of thiazole rings is 1. The zero-order valence-corrected chi connectivity index (χ0v) is 13.7. The highest BCUT2D eigenvalue weighted by molar-refractivity contribution is 7.15. The Bertz CT molecular complexity index is 560. The summed E-state index contributed by atoms with van der Waals surface area (Å²) in [5.41, 5.74) is 6.38. The van der Waals surface area contributed by atoms with Crippen LogP contribution in [-0.2, 0) is 16.1 Å². The van der Waals surface area contributed by atoms with Crippen LogP contribution in [0.5, 0.6) is 0 Å². The molecule has 3 rings (SSSR count). The van der Waals surface area contributed by atoms with Crippen molar-refractivity contribution in [2.24, 2.45) is 5.73 Å². The maximum absolute atomic E-state index is 11.9. The molecule has 1 aliphatic heterocycles. The zero-order chi connectivity index (χ0) is 13.2. The summed E-state index contributed by atoms with van der Waals surface area (Å²) in [6.45, 7) is 0.904. The summed E-state index contributed by atoms with van der Waals surface area (Å²) in [6, 6.07) is 0. The Labute approximate surface area is 138 Å². The molecule has 0 radical (unpaired) electrons. The van der Waals surface area contributed by atoms with E-state index in [-0.39, 0.29) is 42.9 Å². The number of aromatic nitrogens is 2. The lowest BCUT2D eigenvalue weighted by molar-refractivity contribution is -0.132. The number of halogens is 2. The van der Waals surface area contributed by atoms with Gasteiger partial charge in [-0.25, -0.2) is 4.98 Å². The number of hydrogen-bond donors (Lipinski definition) is 2. The van der Waals surface area contributed by atoms with Gasteiger partial charge in [0.2, 0.25) is 5.91 Å². The SMILES string of the molecule is Cl.Cl.NC[C@H]1CC[C@@H](C(=O)NCc2cn3ccsc3n2)O1. The van der Waals surface area contributed by atoms with Crippen LogP contribution in [0, 0.1) is 0 Å². The van der Waals surface area contributed by atoms with Crippen molar-refractivity contribution in [3.05, 3.63) is 23.5 Å². The number of carbonyl (C=O) groups excluding carboxylic acids is 1. The molecule has 1 amide bonds. The van der Waals surface area contributed by atoms with Gasteiger partial charge in [0.05, 0.1) is 18.3 Å². The van der Waals surface area contributed by atoms with Crippen LogP contribution >= 0.6 is 36.2 Å². The van der Waals surface area contributed by atoms with E-state index in [0.717, 1.165) is 23.5 Å². The first kappa shape index (κ1) is 18.2. The molecule has 3 heterocycles. The standard InChI is InChI=1S/C12H16N4O2S.2ClH/c13-5-9-1-2-10(18-9)11(17)14-6-8-7-16-3-4-19-12(16)15-8;;/h3-4,7,9-10H,1-2,5-6,13H2,(H,14,17);2*1H/t9-,10+;;/m1../s1. The molecule has 2 atom stereocenters. The third kappa shape index (κ3) is 4.08. The van der Waals surface area contributed by atoms with Crippen LogP contribution in [0.25, 0.3) is 4.96 Å². The van der Waals surface area contributed by atoms with Gasteiger partial charge >= 0.3 is 0 Å². The predicted molar refractivity (Wildman–Crippen MR) is 86.4 cm³/mol. The van der Waals surface area contributed by atoms with Crippen molar-refractivity contribution in [2.45, 2.75) is 31.6 Å². The van der Waals surface area contributed by atoms with Crippen molar-refractivity contribution in [3.63, 3.8) is 0 Å². The van der Waals surface area contributed by atoms with Crippen LogP contribution in [-0.4, -0.2) is 34.0 Å². The lowest BCUT2D eigenvalue weighted by Crippen LogP contribution is -2.35. The highest BCUT2D eigenvalue weighted by atomic mass is 35.5. The van der Waals surface area contributed by atoms with Gasteiger partial charge in [-0.1, -0.05) is 0 Å². The molecule has 0 saturated carbocycles. The molecule has 2 aromatic rings. The van der Waals surface area contributed by atoms with Crippen LogP contribution in [0.3, 0.4) is 0 Å². The van der Waals surface area contributed by atoms with Crippen molar-refractivity contribution in [2.75, 3.05) is 6.54 Å². The molecule has 0 aromatic carbocycles. The molecule has 0 bridgehead atoms.